The summed E-state index contributed by atoms with van der Waals surface area (Å²) >= 11 is 0. The largest absolute Gasteiger partial charge is 0.423 e. The van der Waals surface area contributed by atoms with Gasteiger partial charge in [-0.3, -0.25) is 9.59 Å². The standard InChI is InChI=1S/C23H18F6N6O2/c1-11(33-18-9-32-34-21(36)19(18)23(27,28)29)4-13(24)10-35-3-2-12-5-16(17(26)6-15(12)22(35)37)20-30-7-14(25)8-31-20/h2-3,5-9,11,13H,4,10H2,1H3,(H2,33,34,36)/t11-,13-/m1/s1. The highest BCUT2D eigenvalue weighted by molar-refractivity contribution is 5.85. The van der Waals surface area contributed by atoms with Crippen molar-refractivity contribution in [2.45, 2.75) is 38.3 Å². The summed E-state index contributed by atoms with van der Waals surface area (Å²) in [6.45, 7) is 0.955. The van der Waals surface area contributed by atoms with Crippen LogP contribution in [0.25, 0.3) is 22.2 Å². The van der Waals surface area contributed by atoms with Crippen LogP contribution >= 0.6 is 0 Å². The molecule has 3 aromatic heterocycles. The Morgan fingerprint density at radius 3 is 2.49 bits per heavy atom. The van der Waals surface area contributed by atoms with Crippen LogP contribution in [0.2, 0.25) is 0 Å². The Balaban J connectivity index is 1.51. The number of fused-ring (bicyclic) bond motifs is 1. The van der Waals surface area contributed by atoms with Crippen molar-refractivity contribution in [3.05, 3.63) is 80.9 Å². The number of benzene rings is 1. The van der Waals surface area contributed by atoms with E-state index in [0.29, 0.717) is 5.39 Å². The van der Waals surface area contributed by atoms with Crippen LogP contribution in [-0.4, -0.2) is 36.9 Å². The van der Waals surface area contributed by atoms with Crippen LogP contribution in [0.15, 0.2) is 52.6 Å². The number of aromatic nitrogens is 5. The van der Waals surface area contributed by atoms with Gasteiger partial charge in [-0.2, -0.15) is 18.3 Å². The molecular weight excluding hydrogens is 506 g/mol. The predicted octanol–water partition coefficient (Wildman–Crippen LogP) is 4.07. The summed E-state index contributed by atoms with van der Waals surface area (Å²) in [5, 5.41) is 7.75. The zero-order chi connectivity index (χ0) is 26.9. The number of halogens is 6. The molecular formula is C23H18F6N6O2. The lowest BCUT2D eigenvalue weighted by Crippen LogP contribution is -2.30. The maximum Gasteiger partial charge on any atom is 0.423 e. The minimum atomic E-state index is -4.95. The third-order valence-electron chi connectivity index (χ3n) is 5.47. The van der Waals surface area contributed by atoms with E-state index in [2.05, 4.69) is 20.4 Å². The van der Waals surface area contributed by atoms with Crippen LogP contribution in [0.3, 0.4) is 0 Å². The predicted molar refractivity (Wildman–Crippen MR) is 122 cm³/mol. The van der Waals surface area contributed by atoms with Crippen molar-refractivity contribution in [1.29, 1.82) is 0 Å². The number of hydrogen-bond acceptors (Lipinski definition) is 6. The molecule has 0 fully saturated rings. The van der Waals surface area contributed by atoms with Gasteiger partial charge in [-0.05, 0) is 30.5 Å². The molecule has 4 aromatic rings. The van der Waals surface area contributed by atoms with Crippen LogP contribution in [0.4, 0.5) is 32.0 Å². The maximum atomic E-state index is 14.8. The fourth-order valence-corrected chi connectivity index (χ4v) is 3.86. The molecule has 0 amide bonds. The van der Waals surface area contributed by atoms with Crippen LogP contribution in [0, 0.1) is 11.6 Å². The number of nitrogens with zero attached hydrogens (tertiary/aromatic N) is 4. The molecule has 37 heavy (non-hydrogen) atoms. The van der Waals surface area contributed by atoms with Gasteiger partial charge in [-0.15, -0.1) is 0 Å². The van der Waals surface area contributed by atoms with Crippen LogP contribution < -0.4 is 16.4 Å². The van der Waals surface area contributed by atoms with Gasteiger partial charge in [0.05, 0.1) is 41.8 Å². The Labute approximate surface area is 204 Å². The van der Waals surface area contributed by atoms with Gasteiger partial charge >= 0.3 is 6.18 Å². The quantitative estimate of drug-likeness (QED) is 0.353. The summed E-state index contributed by atoms with van der Waals surface area (Å²) in [6.07, 6.45) is -3.13. The summed E-state index contributed by atoms with van der Waals surface area (Å²) in [5.74, 6) is -1.62. The molecule has 194 valence electrons. The first kappa shape index (κ1) is 25.9. The highest BCUT2D eigenvalue weighted by Crippen LogP contribution is 2.32. The van der Waals surface area contributed by atoms with E-state index >= 15 is 0 Å². The minimum absolute atomic E-state index is 0.0476. The normalized spacial score (nSPS) is 13.5. The zero-order valence-electron chi connectivity index (χ0n) is 19.0. The number of rotatable bonds is 7. The number of H-pyrrole nitrogens is 1. The molecule has 0 aliphatic heterocycles. The highest BCUT2D eigenvalue weighted by Gasteiger charge is 2.37. The Hall–Kier alpha value is -4.23. The van der Waals surface area contributed by atoms with E-state index < -0.39 is 58.9 Å². The first-order valence-corrected chi connectivity index (χ1v) is 10.8. The third-order valence-corrected chi connectivity index (χ3v) is 5.47. The number of aromatic amines is 1. The number of pyridine rings is 1. The van der Waals surface area contributed by atoms with Gasteiger partial charge in [0, 0.05) is 18.7 Å². The Morgan fingerprint density at radius 1 is 1.11 bits per heavy atom. The molecule has 1 aromatic carbocycles. The average Bonchev–Trinajstić information content (AvgIpc) is 2.80. The van der Waals surface area contributed by atoms with Crippen molar-refractivity contribution in [3.8, 4) is 11.4 Å². The fourth-order valence-electron chi connectivity index (χ4n) is 3.86. The molecule has 2 N–H and O–H groups in total. The van der Waals surface area contributed by atoms with E-state index in [-0.39, 0.29) is 23.2 Å². The molecule has 4 rings (SSSR count). The van der Waals surface area contributed by atoms with E-state index in [4.69, 9.17) is 0 Å². The Morgan fingerprint density at radius 2 is 1.81 bits per heavy atom. The third kappa shape index (κ3) is 5.62. The summed E-state index contributed by atoms with van der Waals surface area (Å²) < 4.78 is 83.2. The molecule has 8 nitrogen and oxygen atoms in total. The Bertz CT molecular complexity index is 1550. The molecule has 2 atom stereocenters. The zero-order valence-corrected chi connectivity index (χ0v) is 19.0. The number of nitrogens with one attached hydrogen (secondary N) is 2. The van der Waals surface area contributed by atoms with Crippen molar-refractivity contribution in [1.82, 2.24) is 24.7 Å². The van der Waals surface area contributed by atoms with E-state index in [0.717, 1.165) is 29.2 Å². The van der Waals surface area contributed by atoms with E-state index in [1.807, 2.05) is 0 Å². The number of alkyl halides is 4. The highest BCUT2D eigenvalue weighted by atomic mass is 19.4. The van der Waals surface area contributed by atoms with Gasteiger partial charge < -0.3 is 9.88 Å². The molecule has 0 aliphatic carbocycles. The van der Waals surface area contributed by atoms with E-state index in [1.165, 1.54) is 25.3 Å². The lowest BCUT2D eigenvalue weighted by molar-refractivity contribution is -0.138. The fraction of sp³-hybridized carbons (Fsp3) is 0.261. The van der Waals surface area contributed by atoms with E-state index in [9.17, 15) is 35.9 Å². The summed E-state index contributed by atoms with van der Waals surface area (Å²) in [5.41, 5.74) is -4.27. The lowest BCUT2D eigenvalue weighted by Gasteiger charge is -2.20. The Kier molecular flexibility index (Phi) is 7.01. The molecule has 0 aliphatic rings. The van der Waals surface area contributed by atoms with Crippen molar-refractivity contribution in [2.24, 2.45) is 0 Å². The molecule has 0 saturated carbocycles. The smallest absolute Gasteiger partial charge is 0.381 e. The summed E-state index contributed by atoms with van der Waals surface area (Å²) in [6, 6.07) is 2.85. The molecule has 14 heteroatoms. The molecule has 0 bridgehead atoms. The summed E-state index contributed by atoms with van der Waals surface area (Å²) in [7, 11) is 0. The summed E-state index contributed by atoms with van der Waals surface area (Å²) in [4.78, 5) is 31.9. The number of hydrogen-bond donors (Lipinski definition) is 2. The van der Waals surface area contributed by atoms with Crippen LogP contribution in [-0.2, 0) is 12.7 Å². The van der Waals surface area contributed by atoms with Gasteiger partial charge in [0.1, 0.15) is 17.6 Å². The molecule has 0 unspecified atom stereocenters. The van der Waals surface area contributed by atoms with Gasteiger partial charge in [-0.25, -0.2) is 28.2 Å². The van der Waals surface area contributed by atoms with Crippen molar-refractivity contribution in [2.75, 3.05) is 5.32 Å². The molecule has 0 saturated heterocycles. The topological polar surface area (TPSA) is 106 Å². The number of anilines is 1. The van der Waals surface area contributed by atoms with E-state index in [1.54, 1.807) is 5.10 Å². The van der Waals surface area contributed by atoms with Crippen LogP contribution in [0.1, 0.15) is 18.9 Å². The molecule has 0 spiro atoms. The van der Waals surface area contributed by atoms with Crippen LogP contribution in [0.5, 0.6) is 0 Å². The van der Waals surface area contributed by atoms with Gasteiger partial charge in [-0.1, -0.05) is 0 Å². The second-order valence-electron chi connectivity index (χ2n) is 8.28. The molecule has 3 heterocycles. The minimum Gasteiger partial charge on any atom is -0.381 e. The monoisotopic (exact) mass is 524 g/mol. The van der Waals surface area contributed by atoms with Gasteiger partial charge in [0.2, 0.25) is 0 Å². The van der Waals surface area contributed by atoms with Crippen molar-refractivity contribution < 1.29 is 26.3 Å². The average molecular weight is 524 g/mol. The van der Waals surface area contributed by atoms with Crippen molar-refractivity contribution >= 4 is 16.5 Å². The van der Waals surface area contributed by atoms with Crippen molar-refractivity contribution in [3.63, 3.8) is 0 Å². The maximum absolute atomic E-state index is 14.8. The van der Waals surface area contributed by atoms with Gasteiger partial charge in [0.15, 0.2) is 11.6 Å². The second kappa shape index (κ2) is 10.0. The SMILES string of the molecule is C[C@H](C[C@@H](F)Cn1ccc2cc(-c3ncc(F)cn3)c(F)cc2c1=O)Nc1cn[nH]c(=O)c1C(F)(F)F. The lowest BCUT2D eigenvalue weighted by atomic mass is 10.1. The molecule has 0 radical (unpaired) electrons. The first-order chi connectivity index (χ1) is 17.4. The first-order valence-electron chi connectivity index (χ1n) is 10.8. The van der Waals surface area contributed by atoms with Gasteiger partial charge in [0.25, 0.3) is 11.1 Å². The second-order valence-corrected chi connectivity index (χ2v) is 8.28.